The number of benzene rings is 1. The normalized spacial score (nSPS) is 15.0. The molecule has 0 saturated heterocycles. The lowest BCUT2D eigenvalue weighted by Gasteiger charge is -2.37. The van der Waals surface area contributed by atoms with Crippen molar-refractivity contribution in [3.63, 3.8) is 0 Å². The SMILES string of the molecule is CCCNC(c1cccc(CC)c1)C(OCC)C(C)(C)C. The summed E-state index contributed by atoms with van der Waals surface area (Å²) in [4.78, 5) is 0. The third kappa shape index (κ3) is 5.44. The molecule has 0 bridgehead atoms. The highest BCUT2D eigenvalue weighted by Crippen LogP contribution is 2.33. The molecule has 0 aromatic heterocycles. The van der Waals surface area contributed by atoms with E-state index in [-0.39, 0.29) is 17.6 Å². The van der Waals surface area contributed by atoms with E-state index in [2.05, 4.69) is 71.1 Å². The topological polar surface area (TPSA) is 21.3 Å². The van der Waals surface area contributed by atoms with Crippen molar-refractivity contribution in [2.24, 2.45) is 5.41 Å². The Morgan fingerprint density at radius 2 is 1.86 bits per heavy atom. The minimum absolute atomic E-state index is 0.101. The first-order valence-electron chi connectivity index (χ1n) is 8.37. The highest BCUT2D eigenvalue weighted by Gasteiger charge is 2.33. The van der Waals surface area contributed by atoms with E-state index in [4.69, 9.17) is 4.74 Å². The Morgan fingerprint density at radius 1 is 1.14 bits per heavy atom. The molecule has 1 aromatic carbocycles. The van der Waals surface area contributed by atoms with Gasteiger partial charge in [0.1, 0.15) is 0 Å². The third-order valence-corrected chi connectivity index (χ3v) is 3.84. The van der Waals surface area contributed by atoms with Crippen LogP contribution in [0.4, 0.5) is 0 Å². The van der Waals surface area contributed by atoms with E-state index >= 15 is 0 Å². The lowest BCUT2D eigenvalue weighted by atomic mass is 9.81. The quantitative estimate of drug-likeness (QED) is 0.747. The van der Waals surface area contributed by atoms with Gasteiger partial charge >= 0.3 is 0 Å². The Hall–Kier alpha value is -0.860. The molecule has 2 unspecified atom stereocenters. The van der Waals surface area contributed by atoms with Crippen LogP contribution in [-0.4, -0.2) is 19.3 Å². The molecule has 2 atom stereocenters. The maximum absolute atomic E-state index is 6.13. The summed E-state index contributed by atoms with van der Waals surface area (Å²) in [5.74, 6) is 0. The molecule has 2 heteroatoms. The van der Waals surface area contributed by atoms with Gasteiger partial charge in [0, 0.05) is 6.61 Å². The summed E-state index contributed by atoms with van der Waals surface area (Å²) in [6.07, 6.45) is 2.37. The Kier molecular flexibility index (Phi) is 7.41. The zero-order valence-electron chi connectivity index (χ0n) is 14.7. The minimum Gasteiger partial charge on any atom is -0.376 e. The monoisotopic (exact) mass is 291 g/mol. The van der Waals surface area contributed by atoms with Gasteiger partial charge in [0.15, 0.2) is 0 Å². The highest BCUT2D eigenvalue weighted by atomic mass is 16.5. The predicted molar refractivity (Wildman–Crippen MR) is 91.7 cm³/mol. The molecular weight excluding hydrogens is 258 g/mol. The van der Waals surface area contributed by atoms with Crippen molar-refractivity contribution in [2.75, 3.05) is 13.2 Å². The number of hydrogen-bond donors (Lipinski definition) is 1. The van der Waals surface area contributed by atoms with E-state index < -0.39 is 0 Å². The van der Waals surface area contributed by atoms with E-state index in [0.29, 0.717) is 0 Å². The zero-order chi connectivity index (χ0) is 15.9. The number of hydrogen-bond acceptors (Lipinski definition) is 2. The van der Waals surface area contributed by atoms with Gasteiger partial charge in [-0.15, -0.1) is 0 Å². The van der Waals surface area contributed by atoms with E-state index in [9.17, 15) is 0 Å². The summed E-state index contributed by atoms with van der Waals surface area (Å²) in [6, 6.07) is 9.17. The molecule has 0 heterocycles. The molecule has 120 valence electrons. The number of rotatable bonds is 8. The molecule has 21 heavy (non-hydrogen) atoms. The fourth-order valence-electron chi connectivity index (χ4n) is 2.73. The van der Waals surface area contributed by atoms with E-state index in [1.165, 1.54) is 11.1 Å². The molecule has 0 aliphatic rings. The first kappa shape index (κ1) is 18.2. The summed E-state index contributed by atoms with van der Waals surface area (Å²) < 4.78 is 6.13. The Balaban J connectivity index is 3.12. The summed E-state index contributed by atoms with van der Waals surface area (Å²) in [5.41, 5.74) is 2.83. The van der Waals surface area contributed by atoms with Crippen molar-refractivity contribution in [1.29, 1.82) is 0 Å². The van der Waals surface area contributed by atoms with Gasteiger partial charge in [-0.05, 0) is 42.9 Å². The van der Waals surface area contributed by atoms with Crippen LogP contribution in [-0.2, 0) is 11.2 Å². The zero-order valence-corrected chi connectivity index (χ0v) is 14.7. The van der Waals surface area contributed by atoms with Crippen LogP contribution < -0.4 is 5.32 Å². The molecular formula is C19H33NO. The van der Waals surface area contributed by atoms with Crippen LogP contribution in [0.2, 0.25) is 0 Å². The lowest BCUT2D eigenvalue weighted by molar-refractivity contribution is -0.0365. The maximum atomic E-state index is 6.13. The van der Waals surface area contributed by atoms with Gasteiger partial charge in [-0.2, -0.15) is 0 Å². The molecule has 0 fully saturated rings. The molecule has 0 amide bonds. The average Bonchev–Trinajstić information content (AvgIpc) is 2.45. The van der Waals surface area contributed by atoms with Crippen molar-refractivity contribution < 1.29 is 4.74 Å². The van der Waals surface area contributed by atoms with Gasteiger partial charge < -0.3 is 10.1 Å². The minimum atomic E-state index is 0.101. The first-order chi connectivity index (χ1) is 9.93. The van der Waals surface area contributed by atoms with Crippen molar-refractivity contribution in [1.82, 2.24) is 5.32 Å². The Bertz CT molecular complexity index is 408. The summed E-state index contributed by atoms with van der Waals surface area (Å²) in [6.45, 7) is 15.0. The van der Waals surface area contributed by atoms with Crippen LogP contribution >= 0.6 is 0 Å². The summed E-state index contributed by atoms with van der Waals surface area (Å²) in [5, 5.41) is 3.70. The van der Waals surface area contributed by atoms with Crippen LogP contribution in [0.5, 0.6) is 0 Å². The summed E-state index contributed by atoms with van der Waals surface area (Å²) in [7, 11) is 0. The number of nitrogens with one attached hydrogen (secondary N) is 1. The lowest BCUT2D eigenvalue weighted by Crippen LogP contribution is -2.42. The van der Waals surface area contributed by atoms with Crippen LogP contribution in [0, 0.1) is 5.41 Å². The molecule has 0 aliphatic heterocycles. The van der Waals surface area contributed by atoms with Gasteiger partial charge in [-0.1, -0.05) is 58.9 Å². The standard InChI is InChI=1S/C19H33NO/c1-7-13-20-17(18(21-9-3)19(4,5)6)16-12-10-11-15(8-2)14-16/h10-12,14,17-18,20H,7-9,13H2,1-6H3. The smallest absolute Gasteiger partial charge is 0.0817 e. The van der Waals surface area contributed by atoms with Crippen molar-refractivity contribution in [3.05, 3.63) is 35.4 Å². The summed E-state index contributed by atoms with van der Waals surface area (Å²) >= 11 is 0. The molecule has 0 spiro atoms. The fraction of sp³-hybridized carbons (Fsp3) is 0.684. The third-order valence-electron chi connectivity index (χ3n) is 3.84. The van der Waals surface area contributed by atoms with Gasteiger partial charge in [-0.3, -0.25) is 0 Å². The second-order valence-electron chi connectivity index (χ2n) is 6.77. The van der Waals surface area contributed by atoms with Crippen LogP contribution in [0.15, 0.2) is 24.3 Å². The molecule has 0 radical (unpaired) electrons. The second-order valence-corrected chi connectivity index (χ2v) is 6.77. The van der Waals surface area contributed by atoms with E-state index in [0.717, 1.165) is 26.0 Å². The molecule has 2 nitrogen and oxygen atoms in total. The number of ether oxygens (including phenoxy) is 1. The van der Waals surface area contributed by atoms with Gasteiger partial charge in [0.25, 0.3) is 0 Å². The molecule has 1 N–H and O–H groups in total. The molecule has 0 aliphatic carbocycles. The highest BCUT2D eigenvalue weighted by molar-refractivity contribution is 5.27. The fourth-order valence-corrected chi connectivity index (χ4v) is 2.73. The average molecular weight is 291 g/mol. The van der Waals surface area contributed by atoms with Gasteiger partial charge in [0.05, 0.1) is 12.1 Å². The van der Waals surface area contributed by atoms with Crippen molar-refractivity contribution >= 4 is 0 Å². The van der Waals surface area contributed by atoms with Crippen molar-refractivity contribution in [2.45, 2.75) is 66.5 Å². The second kappa shape index (κ2) is 8.55. The number of aryl methyl sites for hydroxylation is 1. The Labute approximate surface area is 131 Å². The molecule has 1 aromatic rings. The Morgan fingerprint density at radius 3 is 2.38 bits per heavy atom. The maximum Gasteiger partial charge on any atom is 0.0817 e. The van der Waals surface area contributed by atoms with E-state index in [1.807, 2.05) is 0 Å². The van der Waals surface area contributed by atoms with E-state index in [1.54, 1.807) is 0 Å². The van der Waals surface area contributed by atoms with Crippen LogP contribution in [0.1, 0.15) is 65.1 Å². The van der Waals surface area contributed by atoms with Gasteiger partial charge in [-0.25, -0.2) is 0 Å². The van der Waals surface area contributed by atoms with Gasteiger partial charge in [0.2, 0.25) is 0 Å². The van der Waals surface area contributed by atoms with Crippen LogP contribution in [0.3, 0.4) is 0 Å². The molecule has 1 rings (SSSR count). The molecule has 0 saturated carbocycles. The van der Waals surface area contributed by atoms with Crippen molar-refractivity contribution in [3.8, 4) is 0 Å². The predicted octanol–water partition coefficient (Wildman–Crippen LogP) is 4.74. The largest absolute Gasteiger partial charge is 0.376 e. The first-order valence-corrected chi connectivity index (χ1v) is 8.37. The van der Waals surface area contributed by atoms with Crippen LogP contribution in [0.25, 0.3) is 0 Å².